The quantitative estimate of drug-likeness (QED) is 0.491. The molecule has 1 aliphatic heterocycles. The number of para-hydroxylation sites is 2. The largest absolute Gasteiger partial charge is 0.306 e. The number of nitrogens with zero attached hydrogens (tertiary/aromatic N) is 3. The average molecular weight is 418 g/mol. The lowest BCUT2D eigenvalue weighted by Gasteiger charge is -2.12. The fourth-order valence-electron chi connectivity index (χ4n) is 4.22. The van der Waals surface area contributed by atoms with Crippen LogP contribution in [-0.4, -0.2) is 42.4 Å². The van der Waals surface area contributed by atoms with Crippen LogP contribution in [0.5, 0.6) is 0 Å². The molecule has 3 heterocycles. The summed E-state index contributed by atoms with van der Waals surface area (Å²) in [5, 5.41) is 1.77. The fraction of sp³-hybridized carbons (Fsp3) is 0.208. The van der Waals surface area contributed by atoms with Gasteiger partial charge in [-0.15, -0.1) is 0 Å². The molecule has 0 unspecified atom stereocenters. The lowest BCUT2D eigenvalue weighted by atomic mass is 10.0. The third kappa shape index (κ3) is 3.13. The maximum absolute atomic E-state index is 13.8. The van der Waals surface area contributed by atoms with Crippen molar-refractivity contribution in [1.29, 1.82) is 0 Å². The first-order chi connectivity index (χ1) is 14.6. The van der Waals surface area contributed by atoms with Gasteiger partial charge in [0.1, 0.15) is 4.90 Å². The van der Waals surface area contributed by atoms with E-state index >= 15 is 0 Å². The molecule has 30 heavy (non-hydrogen) atoms. The van der Waals surface area contributed by atoms with Crippen molar-refractivity contribution in [1.82, 2.24) is 13.9 Å². The number of hydrogen-bond donors (Lipinski definition) is 0. The number of fused-ring (bicyclic) bond motifs is 2. The summed E-state index contributed by atoms with van der Waals surface area (Å²) < 4.78 is 29.0. The third-order valence-electron chi connectivity index (χ3n) is 5.82. The number of benzene rings is 2. The van der Waals surface area contributed by atoms with Crippen molar-refractivity contribution in [2.24, 2.45) is 0 Å². The molecule has 0 spiro atoms. The summed E-state index contributed by atoms with van der Waals surface area (Å²) >= 11 is 0. The summed E-state index contributed by atoms with van der Waals surface area (Å²) in [5.74, 6) is 0. The monoisotopic (exact) mass is 417 g/mol. The Hall–Kier alpha value is -2.96. The highest BCUT2D eigenvalue weighted by atomic mass is 32.2. The zero-order chi connectivity index (χ0) is 20.7. The zero-order valence-corrected chi connectivity index (χ0v) is 17.6. The van der Waals surface area contributed by atoms with Gasteiger partial charge < -0.3 is 4.90 Å². The van der Waals surface area contributed by atoms with Crippen molar-refractivity contribution in [3.05, 3.63) is 78.6 Å². The second kappa shape index (κ2) is 7.38. The Morgan fingerprint density at radius 2 is 1.80 bits per heavy atom. The summed E-state index contributed by atoms with van der Waals surface area (Å²) in [4.78, 5) is 6.89. The first kappa shape index (κ1) is 19.0. The first-order valence-electron chi connectivity index (χ1n) is 10.1. The molecule has 0 amide bonds. The van der Waals surface area contributed by atoms with Gasteiger partial charge in [0.2, 0.25) is 0 Å². The lowest BCUT2D eigenvalue weighted by Crippen LogP contribution is -2.18. The van der Waals surface area contributed by atoms with Gasteiger partial charge in [-0.25, -0.2) is 12.4 Å². The van der Waals surface area contributed by atoms with E-state index in [1.807, 2.05) is 42.5 Å². The van der Waals surface area contributed by atoms with Crippen LogP contribution >= 0.6 is 0 Å². The van der Waals surface area contributed by atoms with Crippen LogP contribution in [0.2, 0.25) is 0 Å². The molecule has 0 fully saturated rings. The van der Waals surface area contributed by atoms with Crippen LogP contribution < -0.4 is 0 Å². The topological polar surface area (TPSA) is 55.2 Å². The molecule has 5 rings (SSSR count). The highest BCUT2D eigenvalue weighted by Crippen LogP contribution is 2.34. The molecule has 152 valence electrons. The Labute approximate surface area is 176 Å². The van der Waals surface area contributed by atoms with Gasteiger partial charge in [0, 0.05) is 41.8 Å². The van der Waals surface area contributed by atoms with Crippen LogP contribution in [0.4, 0.5) is 0 Å². The average Bonchev–Trinajstić information content (AvgIpc) is 3.03. The highest BCUT2D eigenvalue weighted by molar-refractivity contribution is 7.90. The van der Waals surface area contributed by atoms with E-state index in [4.69, 9.17) is 0 Å². The van der Waals surface area contributed by atoms with E-state index in [9.17, 15) is 8.42 Å². The Bertz CT molecular complexity index is 1380. The van der Waals surface area contributed by atoms with E-state index < -0.39 is 10.0 Å². The van der Waals surface area contributed by atoms with Gasteiger partial charge in [0.05, 0.1) is 11.0 Å². The molecule has 0 atom stereocenters. The molecule has 0 radical (unpaired) electrons. The van der Waals surface area contributed by atoms with E-state index in [0.29, 0.717) is 11.0 Å². The van der Waals surface area contributed by atoms with Gasteiger partial charge in [-0.2, -0.15) is 0 Å². The second-order valence-electron chi connectivity index (χ2n) is 7.76. The first-order valence-corrected chi connectivity index (χ1v) is 11.6. The number of rotatable bonds is 3. The molecule has 1 aliphatic rings. The molecular weight excluding hydrogens is 394 g/mol. The van der Waals surface area contributed by atoms with Crippen molar-refractivity contribution in [2.75, 3.05) is 20.1 Å². The Morgan fingerprint density at radius 1 is 0.967 bits per heavy atom. The van der Waals surface area contributed by atoms with Crippen LogP contribution in [0.15, 0.2) is 78.0 Å². The minimum absolute atomic E-state index is 0.225. The van der Waals surface area contributed by atoms with E-state index in [0.717, 1.165) is 42.3 Å². The molecule has 0 N–H and O–H groups in total. The number of pyridine rings is 1. The minimum Gasteiger partial charge on any atom is -0.306 e. The van der Waals surface area contributed by atoms with E-state index in [2.05, 4.69) is 23.0 Å². The van der Waals surface area contributed by atoms with E-state index in [-0.39, 0.29) is 4.90 Å². The SMILES string of the molecule is CN1CCC=C(c2cn(S(=O)(=O)c3cccc4cccnc34)c3ccccc23)CC1. The molecule has 5 nitrogen and oxygen atoms in total. The van der Waals surface area contributed by atoms with Gasteiger partial charge in [0.25, 0.3) is 10.0 Å². The zero-order valence-electron chi connectivity index (χ0n) is 16.8. The normalized spacial score (nSPS) is 16.0. The summed E-state index contributed by atoms with van der Waals surface area (Å²) in [5.41, 5.74) is 3.40. The summed E-state index contributed by atoms with van der Waals surface area (Å²) in [6.07, 6.45) is 7.54. The molecule has 4 aromatic rings. The van der Waals surface area contributed by atoms with Gasteiger partial charge in [-0.1, -0.05) is 42.5 Å². The van der Waals surface area contributed by atoms with Crippen LogP contribution in [0, 0.1) is 0 Å². The summed E-state index contributed by atoms with van der Waals surface area (Å²) in [6.45, 7) is 1.98. The van der Waals surface area contributed by atoms with Gasteiger partial charge >= 0.3 is 0 Å². The maximum atomic E-state index is 13.8. The molecule has 0 saturated carbocycles. The molecule has 6 heteroatoms. The predicted octanol–water partition coefficient (Wildman–Crippen LogP) is 4.54. The maximum Gasteiger partial charge on any atom is 0.270 e. The fourth-order valence-corrected chi connectivity index (χ4v) is 5.76. The standard InChI is InChI=1S/C24H23N3O2S/c1-26-15-6-9-18(13-16-26)21-17-27(22-11-3-2-10-20(21)22)30(28,29)23-12-4-7-19-8-5-14-25-24(19)23/h2-5,7-12,14,17H,6,13,15-16H2,1H3. The Morgan fingerprint density at radius 3 is 2.70 bits per heavy atom. The number of hydrogen-bond acceptors (Lipinski definition) is 4. The van der Waals surface area contributed by atoms with E-state index in [1.165, 1.54) is 9.55 Å². The molecule has 2 aromatic carbocycles. The van der Waals surface area contributed by atoms with Crippen LogP contribution in [-0.2, 0) is 10.0 Å². The Kier molecular flexibility index (Phi) is 4.68. The van der Waals surface area contributed by atoms with Crippen molar-refractivity contribution in [3.63, 3.8) is 0 Å². The van der Waals surface area contributed by atoms with Gasteiger partial charge in [0.15, 0.2) is 0 Å². The number of aromatic nitrogens is 2. The molecule has 2 aromatic heterocycles. The minimum atomic E-state index is -3.81. The molecule has 0 saturated heterocycles. The smallest absolute Gasteiger partial charge is 0.270 e. The predicted molar refractivity (Wildman–Crippen MR) is 121 cm³/mol. The van der Waals surface area contributed by atoms with Crippen molar-refractivity contribution >= 4 is 37.4 Å². The third-order valence-corrected chi connectivity index (χ3v) is 7.53. The van der Waals surface area contributed by atoms with Gasteiger partial charge in [-0.05, 0) is 43.7 Å². The van der Waals surface area contributed by atoms with Crippen molar-refractivity contribution in [3.8, 4) is 0 Å². The van der Waals surface area contributed by atoms with Crippen molar-refractivity contribution in [2.45, 2.75) is 17.7 Å². The molecule has 0 aliphatic carbocycles. The van der Waals surface area contributed by atoms with Crippen LogP contribution in [0.25, 0.3) is 27.4 Å². The highest BCUT2D eigenvalue weighted by Gasteiger charge is 2.25. The molecule has 0 bridgehead atoms. The van der Waals surface area contributed by atoms with E-state index in [1.54, 1.807) is 24.5 Å². The summed E-state index contributed by atoms with van der Waals surface area (Å²) in [6, 6.07) is 16.7. The summed E-state index contributed by atoms with van der Waals surface area (Å²) in [7, 11) is -1.69. The Balaban J connectivity index is 1.72. The van der Waals surface area contributed by atoms with Crippen LogP contribution in [0.1, 0.15) is 18.4 Å². The van der Waals surface area contributed by atoms with Crippen molar-refractivity contribution < 1.29 is 8.42 Å². The second-order valence-corrected chi connectivity index (χ2v) is 9.55. The van der Waals surface area contributed by atoms with Gasteiger partial charge in [-0.3, -0.25) is 4.98 Å². The molecular formula is C24H23N3O2S. The van der Waals surface area contributed by atoms with Crippen LogP contribution in [0.3, 0.4) is 0 Å². The lowest BCUT2D eigenvalue weighted by molar-refractivity contribution is 0.355.